The first-order chi connectivity index (χ1) is 16.7. The molecular weight excluding hydrogens is 482 g/mol. The van der Waals surface area contributed by atoms with Crippen LogP contribution in [0, 0.1) is 0 Å². The van der Waals surface area contributed by atoms with Crippen LogP contribution in [-0.4, -0.2) is 54.8 Å². The molecule has 3 aliphatic rings. The number of hydrogen-bond donors (Lipinski definition) is 3. The van der Waals surface area contributed by atoms with Gasteiger partial charge >= 0.3 is 12.2 Å². The summed E-state index contributed by atoms with van der Waals surface area (Å²) in [4.78, 5) is 8.46. The lowest BCUT2D eigenvalue weighted by Crippen LogP contribution is -2.34. The van der Waals surface area contributed by atoms with Gasteiger partial charge in [-0.3, -0.25) is 0 Å². The Kier molecular flexibility index (Phi) is 5.85. The van der Waals surface area contributed by atoms with Gasteiger partial charge in [-0.05, 0) is 12.1 Å². The van der Waals surface area contributed by atoms with E-state index in [0.717, 1.165) is 0 Å². The minimum absolute atomic E-state index is 0.0639. The SMILES string of the molecule is C=C1Nc2nc(nc3c2C(C(F)(F)F)=C(P2(=O)CCNCC2)NC3=C)OCCOc2ccccc21. The maximum Gasteiger partial charge on any atom is 0.419 e. The van der Waals surface area contributed by atoms with Crippen molar-refractivity contribution in [2.24, 2.45) is 0 Å². The van der Waals surface area contributed by atoms with Crippen molar-refractivity contribution in [3.8, 4) is 11.8 Å². The number of para-hydroxylation sites is 1. The fraction of sp³-hybridized carbons (Fsp3) is 0.304. The van der Waals surface area contributed by atoms with Crippen LogP contribution in [0.3, 0.4) is 0 Å². The molecule has 0 aliphatic carbocycles. The number of hydrogen-bond acceptors (Lipinski definition) is 8. The molecule has 0 radical (unpaired) electrons. The van der Waals surface area contributed by atoms with Crippen LogP contribution in [0.15, 0.2) is 42.9 Å². The van der Waals surface area contributed by atoms with Gasteiger partial charge in [0.2, 0.25) is 0 Å². The molecular formula is C23H23F3N5O3P. The third kappa shape index (κ3) is 4.30. The molecule has 0 saturated carbocycles. The van der Waals surface area contributed by atoms with E-state index in [1.54, 1.807) is 24.3 Å². The number of alkyl halides is 3. The first-order valence-corrected chi connectivity index (χ1v) is 13.1. The lowest BCUT2D eigenvalue weighted by Gasteiger charge is -2.34. The Labute approximate surface area is 199 Å². The summed E-state index contributed by atoms with van der Waals surface area (Å²) in [5.41, 5.74) is -0.929. The second-order valence-electron chi connectivity index (χ2n) is 8.29. The van der Waals surface area contributed by atoms with Crippen LogP contribution < -0.4 is 25.4 Å². The molecule has 0 amide bonds. The number of allylic oxidation sites excluding steroid dienone is 1. The van der Waals surface area contributed by atoms with Crippen molar-refractivity contribution in [1.29, 1.82) is 0 Å². The Morgan fingerprint density at radius 1 is 0.971 bits per heavy atom. The second-order valence-corrected chi connectivity index (χ2v) is 11.4. The van der Waals surface area contributed by atoms with Gasteiger partial charge in [0.25, 0.3) is 0 Å². The van der Waals surface area contributed by atoms with Crippen LogP contribution >= 0.6 is 7.14 Å². The highest BCUT2D eigenvalue weighted by molar-refractivity contribution is 7.68. The molecule has 1 saturated heterocycles. The lowest BCUT2D eigenvalue weighted by atomic mass is 9.99. The maximum absolute atomic E-state index is 14.7. The largest absolute Gasteiger partial charge is 0.489 e. The standard InChI is InChI=1S/C23H23F3N5O3P/c1-13-15-5-3-4-6-16(15)33-9-10-34-22-30-19-14(2)29-21(35(32)11-7-27-8-12-35)18(23(24,25)26)17(19)20(28-13)31-22/h3-6,27,29H,1-2,7-12H2,(H,28,30,31). The monoisotopic (exact) mass is 505 g/mol. The number of nitrogens with zero attached hydrogens (tertiary/aromatic N) is 2. The zero-order valence-corrected chi connectivity index (χ0v) is 19.6. The fourth-order valence-electron chi connectivity index (χ4n) is 4.33. The minimum atomic E-state index is -4.85. The summed E-state index contributed by atoms with van der Waals surface area (Å²) < 4.78 is 69.1. The van der Waals surface area contributed by atoms with Crippen molar-refractivity contribution >= 4 is 29.9 Å². The fourth-order valence-corrected chi connectivity index (χ4v) is 7.03. The van der Waals surface area contributed by atoms with E-state index in [1.807, 2.05) is 0 Å². The normalized spacial score (nSPS) is 19.7. The molecule has 0 atom stereocenters. The van der Waals surface area contributed by atoms with Crippen molar-refractivity contribution in [2.45, 2.75) is 6.18 Å². The highest BCUT2D eigenvalue weighted by atomic mass is 31.2. The summed E-state index contributed by atoms with van der Waals surface area (Å²) in [5.74, 6) is 0.323. The molecule has 2 aromatic rings. The predicted octanol–water partition coefficient (Wildman–Crippen LogP) is 4.10. The number of aromatic nitrogens is 2. The number of fused-ring (bicyclic) bond motifs is 5. The van der Waals surface area contributed by atoms with E-state index in [9.17, 15) is 17.7 Å². The Morgan fingerprint density at radius 2 is 1.69 bits per heavy atom. The molecule has 1 fully saturated rings. The number of benzene rings is 1. The van der Waals surface area contributed by atoms with Crippen molar-refractivity contribution in [3.05, 3.63) is 59.7 Å². The predicted molar refractivity (Wildman–Crippen MR) is 127 cm³/mol. The molecule has 4 heterocycles. The van der Waals surface area contributed by atoms with E-state index < -0.39 is 18.9 Å². The maximum atomic E-state index is 14.7. The van der Waals surface area contributed by atoms with Crippen LogP contribution in [0.4, 0.5) is 19.0 Å². The number of anilines is 1. The van der Waals surface area contributed by atoms with Crippen LogP contribution in [-0.2, 0) is 4.57 Å². The quantitative estimate of drug-likeness (QED) is 0.499. The number of halogens is 3. The summed E-state index contributed by atoms with van der Waals surface area (Å²) in [6.45, 7) is 8.83. The molecule has 5 rings (SSSR count). The molecule has 35 heavy (non-hydrogen) atoms. The Balaban J connectivity index is 1.74. The lowest BCUT2D eigenvalue weighted by molar-refractivity contribution is -0.0694. The molecule has 1 aromatic heterocycles. The van der Waals surface area contributed by atoms with E-state index in [2.05, 4.69) is 39.1 Å². The summed E-state index contributed by atoms with van der Waals surface area (Å²) in [7, 11) is -3.40. The van der Waals surface area contributed by atoms with Gasteiger partial charge in [-0.2, -0.15) is 23.1 Å². The van der Waals surface area contributed by atoms with Crippen LogP contribution in [0.25, 0.3) is 17.0 Å². The molecule has 3 N–H and O–H groups in total. The average Bonchev–Trinajstić information content (AvgIpc) is 2.83. The first-order valence-electron chi connectivity index (χ1n) is 11.0. The van der Waals surface area contributed by atoms with E-state index in [4.69, 9.17) is 9.47 Å². The average molecular weight is 505 g/mol. The van der Waals surface area contributed by atoms with Crippen LogP contribution in [0.2, 0.25) is 0 Å². The number of rotatable bonds is 1. The van der Waals surface area contributed by atoms with Crippen molar-refractivity contribution in [2.75, 3.05) is 43.9 Å². The summed E-state index contributed by atoms with van der Waals surface area (Å²) in [5, 5.41) is 8.66. The van der Waals surface area contributed by atoms with Gasteiger partial charge in [0.1, 0.15) is 37.6 Å². The van der Waals surface area contributed by atoms with Crippen LogP contribution in [0.5, 0.6) is 11.8 Å². The number of ether oxygens (including phenoxy) is 2. The number of nitrogens with one attached hydrogen (secondary N) is 3. The van der Waals surface area contributed by atoms with Gasteiger partial charge < -0.3 is 30.0 Å². The van der Waals surface area contributed by atoms with Crippen molar-refractivity contribution in [1.82, 2.24) is 20.6 Å². The zero-order valence-electron chi connectivity index (χ0n) is 18.7. The molecule has 0 spiro atoms. The van der Waals surface area contributed by atoms with Gasteiger partial charge in [-0.15, -0.1) is 0 Å². The topological polar surface area (TPSA) is 97.4 Å². The minimum Gasteiger partial charge on any atom is -0.489 e. The van der Waals surface area contributed by atoms with Gasteiger partial charge in [-0.1, -0.05) is 25.3 Å². The highest BCUT2D eigenvalue weighted by Crippen LogP contribution is 2.60. The Bertz CT molecular complexity index is 1300. The van der Waals surface area contributed by atoms with Crippen molar-refractivity contribution < 1.29 is 27.2 Å². The summed E-state index contributed by atoms with van der Waals surface area (Å²) >= 11 is 0. The Hall–Kier alpha value is -3.30. The summed E-state index contributed by atoms with van der Waals surface area (Å²) in [6.07, 6.45) is -4.65. The summed E-state index contributed by atoms with van der Waals surface area (Å²) in [6, 6.07) is 6.86. The van der Waals surface area contributed by atoms with E-state index >= 15 is 0 Å². The molecule has 2 bridgehead atoms. The van der Waals surface area contributed by atoms with Crippen molar-refractivity contribution in [3.63, 3.8) is 0 Å². The van der Waals surface area contributed by atoms with Gasteiger partial charge in [-0.25, -0.2) is 0 Å². The molecule has 1 aromatic carbocycles. The second kappa shape index (κ2) is 8.73. The van der Waals surface area contributed by atoms with E-state index in [0.29, 0.717) is 24.4 Å². The van der Waals surface area contributed by atoms with Gasteiger partial charge in [0.05, 0.1) is 22.3 Å². The van der Waals surface area contributed by atoms with Gasteiger partial charge in [0, 0.05) is 36.7 Å². The molecule has 0 unspecified atom stereocenters. The first kappa shape index (κ1) is 23.4. The van der Waals surface area contributed by atoms with Gasteiger partial charge in [0.15, 0.2) is 0 Å². The third-order valence-corrected chi connectivity index (χ3v) is 9.02. The molecule has 12 heteroatoms. The van der Waals surface area contributed by atoms with Crippen LogP contribution in [0.1, 0.15) is 16.8 Å². The Morgan fingerprint density at radius 3 is 2.43 bits per heavy atom. The highest BCUT2D eigenvalue weighted by Gasteiger charge is 2.48. The smallest absolute Gasteiger partial charge is 0.419 e. The molecule has 184 valence electrons. The zero-order chi connectivity index (χ0) is 24.8. The third-order valence-electron chi connectivity index (χ3n) is 5.97. The molecule has 3 aliphatic heterocycles. The van der Waals surface area contributed by atoms with E-state index in [-0.39, 0.29) is 65.5 Å². The van der Waals surface area contributed by atoms with E-state index in [1.165, 1.54) is 0 Å². The molecule has 8 nitrogen and oxygen atoms in total.